The molecule has 0 saturated heterocycles. The summed E-state index contributed by atoms with van der Waals surface area (Å²) in [6, 6.07) is 6.51. The van der Waals surface area contributed by atoms with Gasteiger partial charge >= 0.3 is 0 Å². The molecular formula is C10H11BrClIO3S. The third kappa shape index (κ3) is 3.34. The minimum absolute atomic E-state index is 0.0567. The van der Waals surface area contributed by atoms with E-state index in [9.17, 15) is 13.5 Å². The van der Waals surface area contributed by atoms with Crippen LogP contribution in [0.1, 0.15) is 18.6 Å². The van der Waals surface area contributed by atoms with E-state index in [-0.39, 0.29) is 5.75 Å². The van der Waals surface area contributed by atoms with Gasteiger partial charge in [0.2, 0.25) is 1.66 Å². The summed E-state index contributed by atoms with van der Waals surface area (Å²) >= 11 is 10.6. The molecule has 2 atom stereocenters. The zero-order chi connectivity index (χ0) is 13.3. The zero-order valence-corrected chi connectivity index (χ0v) is 14.2. The van der Waals surface area contributed by atoms with E-state index in [0.717, 1.165) is 0 Å². The number of sulfone groups is 1. The number of benzene rings is 1. The number of aliphatic hydroxyl groups is 1. The van der Waals surface area contributed by atoms with Crippen LogP contribution in [0, 0.1) is 0 Å². The van der Waals surface area contributed by atoms with Gasteiger partial charge in [-0.15, -0.1) is 0 Å². The lowest BCUT2D eigenvalue weighted by molar-refractivity contribution is 0.191. The van der Waals surface area contributed by atoms with Crippen molar-refractivity contribution in [1.29, 1.82) is 0 Å². The topological polar surface area (TPSA) is 54.4 Å². The largest absolute Gasteiger partial charge is 0.385 e. The highest BCUT2D eigenvalue weighted by Gasteiger charge is 2.45. The first-order valence-electron chi connectivity index (χ1n) is 4.76. The third-order valence-corrected chi connectivity index (χ3v) is 8.84. The van der Waals surface area contributed by atoms with Crippen LogP contribution < -0.4 is 0 Å². The van der Waals surface area contributed by atoms with Crippen LogP contribution in [0.4, 0.5) is 0 Å². The summed E-state index contributed by atoms with van der Waals surface area (Å²) in [5, 5.41) is 10.6. The molecule has 96 valence electrons. The highest BCUT2D eigenvalue weighted by Crippen LogP contribution is 2.45. The average molecular weight is 454 g/mol. The summed E-state index contributed by atoms with van der Waals surface area (Å²) in [6.07, 6.45) is -1.19. The number of halogens is 3. The molecule has 1 N–H and O–H groups in total. The summed E-state index contributed by atoms with van der Waals surface area (Å²) in [5.41, 5.74) is 0.459. The van der Waals surface area contributed by atoms with Crippen LogP contribution >= 0.6 is 50.1 Å². The molecule has 0 aliphatic rings. The van der Waals surface area contributed by atoms with Crippen LogP contribution in [0.2, 0.25) is 5.02 Å². The van der Waals surface area contributed by atoms with E-state index in [0.29, 0.717) is 10.6 Å². The van der Waals surface area contributed by atoms with Crippen molar-refractivity contribution in [1.82, 2.24) is 0 Å². The van der Waals surface area contributed by atoms with Gasteiger partial charge in [-0.25, -0.2) is 8.42 Å². The van der Waals surface area contributed by atoms with Gasteiger partial charge in [-0.2, -0.15) is 0 Å². The monoisotopic (exact) mass is 452 g/mol. The van der Waals surface area contributed by atoms with Crippen molar-refractivity contribution in [2.24, 2.45) is 0 Å². The predicted octanol–water partition coefficient (Wildman–Crippen LogP) is 3.29. The Bertz CT molecular complexity index is 504. The fourth-order valence-electron chi connectivity index (χ4n) is 1.23. The zero-order valence-electron chi connectivity index (χ0n) is 8.90. The minimum Gasteiger partial charge on any atom is -0.385 e. The van der Waals surface area contributed by atoms with Crippen molar-refractivity contribution in [3.63, 3.8) is 0 Å². The maximum absolute atomic E-state index is 11.9. The van der Waals surface area contributed by atoms with E-state index in [4.69, 9.17) is 11.6 Å². The molecular weight excluding hydrogens is 442 g/mol. The van der Waals surface area contributed by atoms with Gasteiger partial charge in [-0.3, -0.25) is 0 Å². The van der Waals surface area contributed by atoms with Crippen molar-refractivity contribution in [2.45, 2.75) is 14.7 Å². The maximum Gasteiger partial charge on any atom is 0.207 e. The number of alkyl halides is 2. The molecule has 0 aliphatic heterocycles. The van der Waals surface area contributed by atoms with Crippen LogP contribution in [-0.4, -0.2) is 20.9 Å². The molecule has 1 aromatic carbocycles. The average Bonchev–Trinajstić information content (AvgIpc) is 2.27. The molecule has 1 rings (SSSR count). The van der Waals surface area contributed by atoms with Gasteiger partial charge in [-0.1, -0.05) is 46.6 Å². The molecule has 17 heavy (non-hydrogen) atoms. The second kappa shape index (κ2) is 5.73. The van der Waals surface area contributed by atoms with Gasteiger partial charge < -0.3 is 5.11 Å². The predicted molar refractivity (Wildman–Crippen MR) is 81.6 cm³/mol. The van der Waals surface area contributed by atoms with E-state index in [1.165, 1.54) is 6.92 Å². The Balaban J connectivity index is 3.17. The summed E-state index contributed by atoms with van der Waals surface area (Å²) in [7, 11) is -3.45. The Morgan fingerprint density at radius 2 is 2.18 bits per heavy atom. The molecule has 0 aromatic heterocycles. The van der Waals surface area contributed by atoms with Crippen molar-refractivity contribution < 1.29 is 13.5 Å². The molecule has 1 aromatic rings. The number of hydrogen-bond donors (Lipinski definition) is 1. The molecule has 0 amide bonds. The first-order chi connectivity index (χ1) is 7.72. The lowest BCUT2D eigenvalue weighted by atomic mass is 10.1. The Labute approximate surface area is 128 Å². The Hall–Kier alpha value is 0.630. The minimum atomic E-state index is -3.45. The van der Waals surface area contributed by atoms with Gasteiger partial charge in [0.15, 0.2) is 9.84 Å². The molecule has 0 spiro atoms. The van der Waals surface area contributed by atoms with Gasteiger partial charge in [0.25, 0.3) is 0 Å². The van der Waals surface area contributed by atoms with Gasteiger partial charge in [0.05, 0.1) is 0 Å². The van der Waals surface area contributed by atoms with E-state index in [2.05, 4.69) is 15.9 Å². The maximum atomic E-state index is 11.9. The molecule has 7 heteroatoms. The Morgan fingerprint density at radius 1 is 1.59 bits per heavy atom. The molecule has 0 heterocycles. The molecule has 0 unspecified atom stereocenters. The molecule has 0 aliphatic carbocycles. The smallest absolute Gasteiger partial charge is 0.207 e. The van der Waals surface area contributed by atoms with Crippen molar-refractivity contribution >= 4 is 60.0 Å². The molecule has 0 bridgehead atoms. The van der Waals surface area contributed by atoms with Gasteiger partial charge in [0, 0.05) is 10.8 Å². The number of rotatable bonds is 4. The molecule has 0 radical (unpaired) electrons. The van der Waals surface area contributed by atoms with Crippen molar-refractivity contribution in [3.05, 3.63) is 34.9 Å². The number of hydrogen-bond acceptors (Lipinski definition) is 3. The molecule has 0 saturated carbocycles. The SMILES string of the molecule is CCS(=O)(=O)[C@](Br)(I)[C@@H](O)c1cccc(Cl)c1. The second-order valence-corrected chi connectivity index (χ2v) is 12.0. The van der Waals surface area contributed by atoms with Crippen LogP contribution in [0.3, 0.4) is 0 Å². The fraction of sp³-hybridized carbons (Fsp3) is 0.400. The van der Waals surface area contributed by atoms with Crippen molar-refractivity contribution in [2.75, 3.05) is 5.75 Å². The highest BCUT2D eigenvalue weighted by atomic mass is 127. The van der Waals surface area contributed by atoms with E-state index in [1.807, 2.05) is 0 Å². The van der Waals surface area contributed by atoms with Gasteiger partial charge in [0.1, 0.15) is 6.10 Å². The van der Waals surface area contributed by atoms with Crippen LogP contribution in [0.15, 0.2) is 24.3 Å². The molecule has 0 fully saturated rings. The Kier molecular flexibility index (Phi) is 5.29. The second-order valence-electron chi connectivity index (χ2n) is 3.42. The first-order valence-corrected chi connectivity index (χ1v) is 8.66. The van der Waals surface area contributed by atoms with E-state index < -0.39 is 17.6 Å². The van der Waals surface area contributed by atoms with E-state index >= 15 is 0 Å². The Morgan fingerprint density at radius 3 is 2.65 bits per heavy atom. The standard InChI is InChI=1S/C10H11BrClIO3S/c1-2-17(15,16)10(11,13)9(14)7-4-3-5-8(12)6-7/h3-6,9,14H,2H2,1H3/t9-,10+/m0/s1. The van der Waals surface area contributed by atoms with Crippen LogP contribution in [0.5, 0.6) is 0 Å². The third-order valence-electron chi connectivity index (χ3n) is 2.28. The normalized spacial score (nSPS) is 17.5. The first kappa shape index (κ1) is 15.7. The van der Waals surface area contributed by atoms with E-state index in [1.54, 1.807) is 46.9 Å². The number of aliphatic hydroxyl groups excluding tert-OH is 1. The highest BCUT2D eigenvalue weighted by molar-refractivity contribution is 14.1. The summed E-state index contributed by atoms with van der Waals surface area (Å²) in [6.45, 7) is 1.54. The van der Waals surface area contributed by atoms with Crippen LogP contribution in [-0.2, 0) is 9.84 Å². The van der Waals surface area contributed by atoms with Crippen LogP contribution in [0.25, 0.3) is 0 Å². The summed E-state index contributed by atoms with van der Waals surface area (Å²) in [4.78, 5) is 0. The lowest BCUT2D eigenvalue weighted by Crippen LogP contribution is -2.33. The van der Waals surface area contributed by atoms with Crippen molar-refractivity contribution in [3.8, 4) is 0 Å². The summed E-state index contributed by atoms with van der Waals surface area (Å²) in [5.74, 6) is -0.0567. The summed E-state index contributed by atoms with van der Waals surface area (Å²) < 4.78 is 22.3. The van der Waals surface area contributed by atoms with Gasteiger partial charge in [-0.05, 0) is 40.3 Å². The lowest BCUT2D eigenvalue weighted by Gasteiger charge is -2.26. The fourth-order valence-corrected chi connectivity index (χ4v) is 4.54. The molecule has 3 nitrogen and oxygen atoms in total. The quantitative estimate of drug-likeness (QED) is 0.562.